The van der Waals surface area contributed by atoms with Gasteiger partial charge in [-0.25, -0.2) is 4.79 Å². The summed E-state index contributed by atoms with van der Waals surface area (Å²) in [5.41, 5.74) is 1.55. The summed E-state index contributed by atoms with van der Waals surface area (Å²) >= 11 is 0. The van der Waals surface area contributed by atoms with Gasteiger partial charge in [-0.2, -0.15) is 0 Å². The molecule has 0 bridgehead atoms. The molecule has 0 heterocycles. The van der Waals surface area contributed by atoms with Gasteiger partial charge in [0.1, 0.15) is 12.4 Å². The predicted octanol–water partition coefficient (Wildman–Crippen LogP) is 3.73. The molecule has 2 aromatic carbocycles. The third kappa shape index (κ3) is 5.00. The first-order valence-electron chi connectivity index (χ1n) is 9.08. The molecular formula is C21H24N2O4. The van der Waals surface area contributed by atoms with Gasteiger partial charge in [0.05, 0.1) is 13.0 Å². The second-order valence-corrected chi connectivity index (χ2v) is 6.52. The Morgan fingerprint density at radius 2 is 1.78 bits per heavy atom. The normalized spacial score (nSPS) is 18.6. The van der Waals surface area contributed by atoms with E-state index in [2.05, 4.69) is 10.6 Å². The van der Waals surface area contributed by atoms with Gasteiger partial charge in [-0.1, -0.05) is 42.8 Å². The van der Waals surface area contributed by atoms with Crippen LogP contribution in [0, 0.1) is 5.92 Å². The summed E-state index contributed by atoms with van der Waals surface area (Å²) in [7, 11) is 1.38. The third-order valence-electron chi connectivity index (χ3n) is 4.74. The predicted molar refractivity (Wildman–Crippen MR) is 103 cm³/mol. The van der Waals surface area contributed by atoms with E-state index in [0.717, 1.165) is 30.6 Å². The molecule has 6 nitrogen and oxygen atoms in total. The topological polar surface area (TPSA) is 76.7 Å². The molecule has 0 unspecified atom stereocenters. The molecule has 27 heavy (non-hydrogen) atoms. The van der Waals surface area contributed by atoms with Crippen LogP contribution in [0.3, 0.4) is 0 Å². The van der Waals surface area contributed by atoms with Gasteiger partial charge >= 0.3 is 12.0 Å². The van der Waals surface area contributed by atoms with Crippen molar-refractivity contribution in [3.8, 4) is 5.75 Å². The van der Waals surface area contributed by atoms with Gasteiger partial charge in [0.25, 0.3) is 0 Å². The Morgan fingerprint density at radius 1 is 1.04 bits per heavy atom. The van der Waals surface area contributed by atoms with Crippen LogP contribution in [0.1, 0.15) is 24.8 Å². The van der Waals surface area contributed by atoms with Crippen LogP contribution in [-0.2, 0) is 16.1 Å². The smallest absolute Gasteiger partial charge is 0.319 e. The van der Waals surface area contributed by atoms with Crippen LogP contribution in [0.4, 0.5) is 10.5 Å². The lowest BCUT2D eigenvalue weighted by molar-refractivity contribution is -0.145. The van der Waals surface area contributed by atoms with Crippen molar-refractivity contribution in [2.24, 2.45) is 5.92 Å². The number of nitrogens with one attached hydrogen (secondary N) is 2. The Hall–Kier alpha value is -3.02. The Labute approximate surface area is 158 Å². The van der Waals surface area contributed by atoms with Crippen LogP contribution in [0.5, 0.6) is 5.75 Å². The Balaban J connectivity index is 1.60. The van der Waals surface area contributed by atoms with Gasteiger partial charge < -0.3 is 20.1 Å². The number of anilines is 1. The van der Waals surface area contributed by atoms with E-state index in [9.17, 15) is 9.59 Å². The second-order valence-electron chi connectivity index (χ2n) is 6.52. The fourth-order valence-electron chi connectivity index (χ4n) is 3.34. The number of hydrogen-bond donors (Lipinski definition) is 2. The first kappa shape index (κ1) is 18.8. The van der Waals surface area contributed by atoms with Gasteiger partial charge in [0.15, 0.2) is 0 Å². The number of hydrogen-bond acceptors (Lipinski definition) is 4. The first-order valence-corrected chi connectivity index (χ1v) is 9.08. The fraction of sp³-hybridized carbons (Fsp3) is 0.333. The maximum atomic E-state index is 12.4. The van der Waals surface area contributed by atoms with Crippen molar-refractivity contribution < 1.29 is 19.1 Å². The van der Waals surface area contributed by atoms with Gasteiger partial charge in [-0.15, -0.1) is 0 Å². The summed E-state index contributed by atoms with van der Waals surface area (Å²) in [4.78, 5) is 24.3. The molecule has 1 saturated carbocycles. The number of carbonyl (C=O) groups is 2. The van der Waals surface area contributed by atoms with Gasteiger partial charge in [0.2, 0.25) is 0 Å². The van der Waals surface area contributed by atoms with Crippen LogP contribution in [0.2, 0.25) is 0 Å². The molecule has 0 aromatic heterocycles. The van der Waals surface area contributed by atoms with Crippen molar-refractivity contribution >= 4 is 17.7 Å². The molecule has 1 fully saturated rings. The number of amides is 2. The summed E-state index contributed by atoms with van der Waals surface area (Å²) in [5, 5.41) is 5.77. The average molecular weight is 368 g/mol. The minimum atomic E-state index is -0.331. The van der Waals surface area contributed by atoms with Crippen molar-refractivity contribution in [2.75, 3.05) is 12.4 Å². The molecule has 0 aliphatic heterocycles. The van der Waals surface area contributed by atoms with Gasteiger partial charge in [-0.05, 0) is 31.0 Å². The highest BCUT2D eigenvalue weighted by molar-refractivity contribution is 5.90. The average Bonchev–Trinajstić information content (AvgIpc) is 3.15. The van der Waals surface area contributed by atoms with Crippen molar-refractivity contribution in [3.05, 3.63) is 60.2 Å². The summed E-state index contributed by atoms with van der Waals surface area (Å²) in [6.07, 6.45) is 2.40. The van der Waals surface area contributed by atoms with Crippen LogP contribution in [0.15, 0.2) is 54.6 Å². The zero-order valence-corrected chi connectivity index (χ0v) is 15.3. The molecule has 0 spiro atoms. The van der Waals surface area contributed by atoms with E-state index in [4.69, 9.17) is 9.47 Å². The van der Waals surface area contributed by atoms with Crippen LogP contribution in [-0.4, -0.2) is 25.2 Å². The highest BCUT2D eigenvalue weighted by atomic mass is 16.5. The molecule has 2 N–H and O–H groups in total. The van der Waals surface area contributed by atoms with Crippen molar-refractivity contribution in [1.82, 2.24) is 5.32 Å². The van der Waals surface area contributed by atoms with Crippen LogP contribution >= 0.6 is 0 Å². The molecule has 2 aromatic rings. The Bertz CT molecular complexity index is 779. The third-order valence-corrected chi connectivity index (χ3v) is 4.74. The minimum Gasteiger partial charge on any atom is -0.489 e. The standard InChI is InChI=1S/C21H24N2O4/c1-26-20(24)17-11-7-13-19(17)23-21(25)22-18-12-6-5-8-15(18)14-27-16-9-3-2-4-10-16/h2-6,8-10,12,17,19H,7,11,13-14H2,1H3,(H2,22,23,25)/t17-,19-/m0/s1. The number of carbonyl (C=O) groups excluding carboxylic acids is 2. The number of rotatable bonds is 6. The molecular weight excluding hydrogens is 344 g/mol. The van der Waals surface area contributed by atoms with Gasteiger partial charge in [0, 0.05) is 17.3 Å². The van der Waals surface area contributed by atoms with E-state index < -0.39 is 0 Å². The second kappa shape index (κ2) is 9.07. The number of esters is 1. The summed E-state index contributed by atoms with van der Waals surface area (Å²) in [6.45, 7) is 0.342. The Kier molecular flexibility index (Phi) is 6.30. The summed E-state index contributed by atoms with van der Waals surface area (Å²) in [6, 6.07) is 16.5. The highest BCUT2D eigenvalue weighted by Crippen LogP contribution is 2.27. The zero-order chi connectivity index (χ0) is 19.1. The quantitative estimate of drug-likeness (QED) is 0.762. The zero-order valence-electron chi connectivity index (χ0n) is 15.3. The first-order chi connectivity index (χ1) is 13.2. The summed E-state index contributed by atoms with van der Waals surface area (Å²) in [5.74, 6) is 0.218. The lowest BCUT2D eigenvalue weighted by Crippen LogP contribution is -2.42. The number of urea groups is 1. The maximum absolute atomic E-state index is 12.4. The highest BCUT2D eigenvalue weighted by Gasteiger charge is 2.34. The lowest BCUT2D eigenvalue weighted by atomic mass is 10.0. The molecule has 2 atom stereocenters. The van der Waals surface area contributed by atoms with Gasteiger partial charge in [-0.3, -0.25) is 4.79 Å². The molecule has 0 radical (unpaired) electrons. The molecule has 0 saturated heterocycles. The fourth-order valence-corrected chi connectivity index (χ4v) is 3.34. The van der Waals surface area contributed by atoms with E-state index in [1.807, 2.05) is 54.6 Å². The van der Waals surface area contributed by atoms with E-state index in [0.29, 0.717) is 12.3 Å². The molecule has 6 heteroatoms. The Morgan fingerprint density at radius 3 is 2.56 bits per heavy atom. The van der Waals surface area contributed by atoms with Crippen LogP contribution < -0.4 is 15.4 Å². The molecule has 142 valence electrons. The number of benzene rings is 2. The largest absolute Gasteiger partial charge is 0.489 e. The molecule has 3 rings (SSSR count). The number of ether oxygens (including phenoxy) is 2. The molecule has 1 aliphatic carbocycles. The minimum absolute atomic E-state index is 0.204. The summed E-state index contributed by atoms with van der Waals surface area (Å²) < 4.78 is 10.6. The van der Waals surface area contributed by atoms with E-state index >= 15 is 0 Å². The van der Waals surface area contributed by atoms with E-state index in [1.54, 1.807) is 0 Å². The maximum Gasteiger partial charge on any atom is 0.319 e. The van der Waals surface area contributed by atoms with E-state index in [-0.39, 0.29) is 24.0 Å². The molecule has 2 amide bonds. The lowest BCUT2D eigenvalue weighted by Gasteiger charge is -2.20. The van der Waals surface area contributed by atoms with Crippen molar-refractivity contribution in [1.29, 1.82) is 0 Å². The number of para-hydroxylation sites is 2. The van der Waals surface area contributed by atoms with E-state index in [1.165, 1.54) is 7.11 Å². The molecule has 1 aliphatic rings. The number of methoxy groups -OCH3 is 1. The van der Waals surface area contributed by atoms with Crippen molar-refractivity contribution in [3.63, 3.8) is 0 Å². The monoisotopic (exact) mass is 368 g/mol. The SMILES string of the molecule is COC(=O)[C@H]1CCC[C@@H]1NC(=O)Nc1ccccc1COc1ccccc1. The van der Waals surface area contributed by atoms with Crippen LogP contribution in [0.25, 0.3) is 0 Å². The van der Waals surface area contributed by atoms with Crippen molar-refractivity contribution in [2.45, 2.75) is 31.9 Å².